The molecule has 2 aromatic carbocycles. The smallest absolute Gasteiger partial charge is 0.243 e. The largest absolute Gasteiger partial charge is 0.437 e. The lowest BCUT2D eigenvalue weighted by molar-refractivity contribution is 0.442. The molecule has 0 unspecified atom stereocenters. The van der Waals surface area contributed by atoms with Crippen molar-refractivity contribution in [1.29, 1.82) is 5.26 Å². The molecule has 0 aliphatic heterocycles. The zero-order valence-electron chi connectivity index (χ0n) is 20.8. The van der Waals surface area contributed by atoms with Crippen molar-refractivity contribution >= 4 is 22.2 Å². The lowest BCUT2D eigenvalue weighted by Gasteiger charge is -2.22. The highest BCUT2D eigenvalue weighted by Gasteiger charge is 2.29. The average Bonchev–Trinajstić information content (AvgIpc) is 3.26. The van der Waals surface area contributed by atoms with Gasteiger partial charge in [0.25, 0.3) is 0 Å². The summed E-state index contributed by atoms with van der Waals surface area (Å²) in [5.74, 6) is 1.26. The second kappa shape index (κ2) is 9.89. The molecule has 0 radical (unpaired) electrons. The maximum Gasteiger partial charge on any atom is 0.243 e. The minimum Gasteiger partial charge on any atom is -0.437 e. The lowest BCUT2D eigenvalue weighted by Crippen LogP contribution is -2.17. The van der Waals surface area contributed by atoms with Crippen LogP contribution in [0.2, 0.25) is 0 Å². The number of aromatic nitrogens is 2. The second-order valence-electron chi connectivity index (χ2n) is 10.1. The van der Waals surface area contributed by atoms with E-state index in [9.17, 15) is 5.26 Å². The minimum absolute atomic E-state index is 0.0694. The second-order valence-corrected chi connectivity index (χ2v) is 11.1. The van der Waals surface area contributed by atoms with E-state index in [4.69, 9.17) is 9.72 Å². The van der Waals surface area contributed by atoms with E-state index in [0.29, 0.717) is 12.3 Å². The predicted molar refractivity (Wildman–Crippen MR) is 144 cm³/mol. The van der Waals surface area contributed by atoms with Crippen molar-refractivity contribution < 1.29 is 4.74 Å². The Labute approximate surface area is 211 Å². The normalized spacial score (nSPS) is 11.7. The van der Waals surface area contributed by atoms with Crippen molar-refractivity contribution in [3.63, 3.8) is 0 Å². The minimum atomic E-state index is -0.393. The van der Waals surface area contributed by atoms with Crippen LogP contribution in [0.5, 0.6) is 11.6 Å². The fourth-order valence-corrected chi connectivity index (χ4v) is 5.02. The number of para-hydroxylation sites is 1. The highest BCUT2D eigenvalue weighted by molar-refractivity contribution is 7.19. The van der Waals surface area contributed by atoms with Crippen LogP contribution in [0.15, 0.2) is 72.9 Å². The molecule has 0 amide bonds. The van der Waals surface area contributed by atoms with Crippen LogP contribution >= 0.6 is 11.3 Å². The van der Waals surface area contributed by atoms with Gasteiger partial charge in [-0.25, -0.2) is 9.97 Å². The van der Waals surface area contributed by atoms with Crippen molar-refractivity contribution in [2.24, 2.45) is 0 Å². The van der Waals surface area contributed by atoms with E-state index in [0.717, 1.165) is 38.3 Å². The first-order valence-electron chi connectivity index (χ1n) is 11.6. The van der Waals surface area contributed by atoms with Crippen LogP contribution in [0.4, 0.5) is 10.8 Å². The van der Waals surface area contributed by atoms with Gasteiger partial charge in [-0.05, 0) is 29.2 Å². The molecule has 35 heavy (non-hydrogen) atoms. The van der Waals surface area contributed by atoms with Crippen LogP contribution in [-0.2, 0) is 10.8 Å². The standard InChI is InChI=1S/C29H30N4OS/c1-28(2,3)21-14-9-10-16-23(21)34-26-22(15-11-19-31-26)32-27-33-25(29(4,5)17-18-30)24(35-27)20-12-7-6-8-13-20/h6-16,19H,17H2,1-5H3,(H,32,33). The summed E-state index contributed by atoms with van der Waals surface area (Å²) < 4.78 is 6.33. The quantitative estimate of drug-likeness (QED) is 0.287. The van der Waals surface area contributed by atoms with Gasteiger partial charge in [0, 0.05) is 23.6 Å². The number of hydrogen-bond acceptors (Lipinski definition) is 6. The van der Waals surface area contributed by atoms with Gasteiger partial charge in [0.15, 0.2) is 5.13 Å². The highest BCUT2D eigenvalue weighted by atomic mass is 32.1. The molecule has 0 bridgehead atoms. The summed E-state index contributed by atoms with van der Waals surface area (Å²) in [6.45, 7) is 10.6. The van der Waals surface area contributed by atoms with Gasteiger partial charge in [0.1, 0.15) is 11.4 Å². The van der Waals surface area contributed by atoms with E-state index in [1.54, 1.807) is 17.5 Å². The number of benzene rings is 2. The van der Waals surface area contributed by atoms with E-state index in [1.807, 2.05) is 48.5 Å². The van der Waals surface area contributed by atoms with Gasteiger partial charge in [-0.2, -0.15) is 5.26 Å². The monoisotopic (exact) mass is 482 g/mol. The molecule has 0 aliphatic rings. The van der Waals surface area contributed by atoms with Gasteiger partial charge in [-0.1, -0.05) is 94.5 Å². The molecule has 0 atom stereocenters. The summed E-state index contributed by atoms with van der Waals surface area (Å²) in [5, 5.41) is 13.6. The summed E-state index contributed by atoms with van der Waals surface area (Å²) >= 11 is 1.57. The first-order chi connectivity index (χ1) is 16.7. The van der Waals surface area contributed by atoms with Crippen molar-refractivity contribution in [1.82, 2.24) is 9.97 Å². The SMILES string of the molecule is CC(C)(C)c1ccccc1Oc1ncccc1Nc1nc(C(C)(C)CC#N)c(-c2ccccc2)s1. The first-order valence-corrected chi connectivity index (χ1v) is 12.4. The molecule has 4 rings (SSSR count). The first kappa shape index (κ1) is 24.4. The maximum absolute atomic E-state index is 9.41. The Morgan fingerprint density at radius 1 is 0.943 bits per heavy atom. The van der Waals surface area contributed by atoms with E-state index in [-0.39, 0.29) is 5.41 Å². The summed E-state index contributed by atoms with van der Waals surface area (Å²) in [6.07, 6.45) is 2.10. The van der Waals surface area contributed by atoms with Crippen LogP contribution in [0.25, 0.3) is 10.4 Å². The van der Waals surface area contributed by atoms with Gasteiger partial charge in [-0.15, -0.1) is 0 Å². The van der Waals surface area contributed by atoms with Crippen LogP contribution in [0.1, 0.15) is 52.3 Å². The molecule has 0 aliphatic carbocycles. The van der Waals surface area contributed by atoms with Gasteiger partial charge < -0.3 is 10.1 Å². The molecule has 4 aromatic rings. The Hall–Kier alpha value is -3.69. The Morgan fingerprint density at radius 3 is 2.37 bits per heavy atom. The zero-order valence-corrected chi connectivity index (χ0v) is 21.6. The number of hydrogen-bond donors (Lipinski definition) is 1. The molecule has 178 valence electrons. The van der Waals surface area contributed by atoms with Gasteiger partial charge in [0.05, 0.1) is 16.6 Å². The third-order valence-electron chi connectivity index (χ3n) is 5.74. The van der Waals surface area contributed by atoms with Crippen molar-refractivity contribution in [2.45, 2.75) is 51.9 Å². The molecule has 5 nitrogen and oxygen atoms in total. The Kier molecular flexibility index (Phi) is 6.90. The summed E-state index contributed by atoms with van der Waals surface area (Å²) in [5.41, 5.74) is 3.37. The lowest BCUT2D eigenvalue weighted by atomic mass is 9.84. The van der Waals surface area contributed by atoms with Gasteiger partial charge in [0.2, 0.25) is 5.88 Å². The van der Waals surface area contributed by atoms with E-state index >= 15 is 0 Å². The Balaban J connectivity index is 1.72. The van der Waals surface area contributed by atoms with E-state index < -0.39 is 5.41 Å². The number of thiazole rings is 1. The number of nitriles is 1. The molecule has 0 fully saturated rings. The summed E-state index contributed by atoms with van der Waals surface area (Å²) in [7, 11) is 0. The van der Waals surface area contributed by atoms with Crippen LogP contribution in [0, 0.1) is 11.3 Å². The molecular weight excluding hydrogens is 452 g/mol. The fourth-order valence-electron chi connectivity index (χ4n) is 3.86. The van der Waals surface area contributed by atoms with Crippen molar-refractivity contribution in [3.05, 3.63) is 84.2 Å². The molecule has 1 N–H and O–H groups in total. The number of nitrogens with zero attached hydrogens (tertiary/aromatic N) is 3. The number of anilines is 2. The topological polar surface area (TPSA) is 70.8 Å². The highest BCUT2D eigenvalue weighted by Crippen LogP contribution is 2.42. The third-order valence-corrected chi connectivity index (χ3v) is 6.76. The molecule has 2 heterocycles. The average molecular weight is 483 g/mol. The zero-order chi connectivity index (χ0) is 25.1. The Morgan fingerprint density at radius 2 is 1.66 bits per heavy atom. The molecule has 0 saturated carbocycles. The van der Waals surface area contributed by atoms with Crippen molar-refractivity contribution in [3.8, 4) is 28.1 Å². The fraction of sp³-hybridized carbons (Fsp3) is 0.276. The molecule has 2 aromatic heterocycles. The van der Waals surface area contributed by atoms with Crippen molar-refractivity contribution in [2.75, 3.05) is 5.32 Å². The third kappa shape index (κ3) is 5.52. The van der Waals surface area contributed by atoms with Gasteiger partial charge >= 0.3 is 0 Å². The number of ether oxygens (including phenoxy) is 1. The maximum atomic E-state index is 9.41. The molecule has 0 saturated heterocycles. The van der Waals surface area contributed by atoms with Crippen LogP contribution in [-0.4, -0.2) is 9.97 Å². The molecule has 6 heteroatoms. The Bertz CT molecular complexity index is 1350. The van der Waals surface area contributed by atoms with E-state index in [2.05, 4.69) is 69.2 Å². The van der Waals surface area contributed by atoms with Crippen LogP contribution < -0.4 is 10.1 Å². The number of nitrogens with one attached hydrogen (secondary N) is 1. The predicted octanol–water partition coefficient (Wildman–Crippen LogP) is 8.23. The number of rotatable bonds is 7. The molecule has 0 spiro atoms. The van der Waals surface area contributed by atoms with E-state index in [1.165, 1.54) is 0 Å². The van der Waals surface area contributed by atoms with Gasteiger partial charge in [-0.3, -0.25) is 0 Å². The van der Waals surface area contributed by atoms with Crippen LogP contribution in [0.3, 0.4) is 0 Å². The summed E-state index contributed by atoms with van der Waals surface area (Å²) in [4.78, 5) is 10.5. The number of pyridine rings is 1. The summed E-state index contributed by atoms with van der Waals surface area (Å²) in [6, 6.07) is 24.4. The molecular formula is C29H30N4OS.